The number of esters is 1. The molecule has 1 saturated heterocycles. The van der Waals surface area contributed by atoms with Gasteiger partial charge in [-0.1, -0.05) is 11.8 Å². The third kappa shape index (κ3) is 2.83. The van der Waals surface area contributed by atoms with E-state index in [1.54, 1.807) is 22.5 Å². The number of ether oxygens (including phenoxy) is 1. The lowest BCUT2D eigenvalue weighted by atomic mass is 10.3. The van der Waals surface area contributed by atoms with E-state index in [1.165, 1.54) is 41.5 Å². The van der Waals surface area contributed by atoms with E-state index in [-0.39, 0.29) is 11.2 Å². The number of thioether (sulfide) groups is 1. The number of thiophene rings is 1. The summed E-state index contributed by atoms with van der Waals surface area (Å²) in [7, 11) is 1.34. The molecule has 0 aliphatic carbocycles. The van der Waals surface area contributed by atoms with E-state index in [1.807, 2.05) is 5.38 Å². The number of methoxy groups -OCH3 is 1. The highest BCUT2D eigenvalue weighted by Crippen LogP contribution is 2.37. The number of hydrogen-bond acceptors (Lipinski definition) is 7. The molecule has 1 atom stereocenters. The van der Waals surface area contributed by atoms with Crippen molar-refractivity contribution in [1.29, 1.82) is 0 Å². The van der Waals surface area contributed by atoms with Crippen molar-refractivity contribution < 1.29 is 14.3 Å². The van der Waals surface area contributed by atoms with Crippen LogP contribution in [0.15, 0.2) is 27.4 Å². The van der Waals surface area contributed by atoms with Crippen molar-refractivity contribution in [3.8, 4) is 0 Å². The normalized spacial score (nSPS) is 18.2. The minimum atomic E-state index is -0.407. The van der Waals surface area contributed by atoms with Crippen LogP contribution >= 0.6 is 34.4 Å². The summed E-state index contributed by atoms with van der Waals surface area (Å²) < 4.78 is 5.66. The molecule has 0 saturated carbocycles. The van der Waals surface area contributed by atoms with Crippen molar-refractivity contribution >= 4 is 51.3 Å². The summed E-state index contributed by atoms with van der Waals surface area (Å²) in [6, 6.07) is 1.69. The van der Waals surface area contributed by atoms with Crippen LogP contribution in [0.25, 0.3) is 0 Å². The molecule has 1 fully saturated rings. The van der Waals surface area contributed by atoms with Crippen LogP contribution < -0.4 is 4.90 Å². The largest absolute Gasteiger partial charge is 0.465 e. The Morgan fingerprint density at radius 3 is 3.05 bits per heavy atom. The first-order valence-electron chi connectivity index (χ1n) is 6.24. The fourth-order valence-electron chi connectivity index (χ4n) is 2.13. The van der Waals surface area contributed by atoms with Crippen LogP contribution in [0, 0.1) is 0 Å². The molecule has 0 aromatic carbocycles. The van der Waals surface area contributed by atoms with E-state index in [9.17, 15) is 9.59 Å². The molecule has 110 valence electrons. The first-order valence-corrected chi connectivity index (χ1v) is 8.88. The van der Waals surface area contributed by atoms with Gasteiger partial charge in [-0.3, -0.25) is 4.79 Å². The minimum Gasteiger partial charge on any atom is -0.465 e. The number of anilines is 1. The van der Waals surface area contributed by atoms with Gasteiger partial charge in [0.25, 0.3) is 0 Å². The summed E-state index contributed by atoms with van der Waals surface area (Å²) in [5.74, 6) is -0.377. The van der Waals surface area contributed by atoms with Crippen molar-refractivity contribution in [2.24, 2.45) is 0 Å². The number of hydrogen-bond donors (Lipinski definition) is 0. The lowest BCUT2D eigenvalue weighted by Gasteiger charge is -2.15. The number of nitrogens with zero attached hydrogens (tertiary/aromatic N) is 2. The van der Waals surface area contributed by atoms with Crippen molar-refractivity contribution in [3.05, 3.63) is 28.6 Å². The first-order chi connectivity index (χ1) is 10.2. The molecule has 0 spiro atoms. The highest BCUT2D eigenvalue weighted by molar-refractivity contribution is 8.02. The highest BCUT2D eigenvalue weighted by Gasteiger charge is 2.36. The number of aromatic nitrogens is 1. The molecule has 1 aliphatic heterocycles. The topological polar surface area (TPSA) is 59.5 Å². The molecule has 5 nitrogen and oxygen atoms in total. The first kappa shape index (κ1) is 14.6. The quantitative estimate of drug-likeness (QED) is 0.801. The molecule has 1 amide bonds. The lowest BCUT2D eigenvalue weighted by Crippen LogP contribution is -2.28. The van der Waals surface area contributed by atoms with Gasteiger partial charge >= 0.3 is 5.97 Å². The number of rotatable bonds is 4. The number of thiazole rings is 1. The average Bonchev–Trinajstić information content (AvgIpc) is 3.21. The van der Waals surface area contributed by atoms with Gasteiger partial charge in [-0.2, -0.15) is 0 Å². The fourth-order valence-corrected chi connectivity index (χ4v) is 4.96. The predicted molar refractivity (Wildman–Crippen MR) is 84.4 cm³/mol. The average molecular weight is 340 g/mol. The van der Waals surface area contributed by atoms with Crippen LogP contribution in [-0.2, 0) is 9.53 Å². The molecule has 3 heterocycles. The molecule has 2 aromatic heterocycles. The maximum Gasteiger partial charge on any atom is 0.340 e. The van der Waals surface area contributed by atoms with Gasteiger partial charge in [0.15, 0.2) is 4.34 Å². The molecule has 0 bridgehead atoms. The van der Waals surface area contributed by atoms with Crippen molar-refractivity contribution in [3.63, 3.8) is 0 Å². The zero-order valence-electron chi connectivity index (χ0n) is 11.1. The molecular formula is C13H12N2O3S3. The smallest absolute Gasteiger partial charge is 0.340 e. The Hall–Kier alpha value is -1.38. The van der Waals surface area contributed by atoms with Crippen LogP contribution in [0.4, 0.5) is 5.00 Å². The number of carbonyl (C=O) groups is 2. The SMILES string of the molecule is COC(=O)c1ccsc1N1CC[C@@H](Sc2nccs2)C1=O. The van der Waals surface area contributed by atoms with Crippen molar-refractivity contribution in [2.75, 3.05) is 18.6 Å². The summed E-state index contributed by atoms with van der Waals surface area (Å²) in [5.41, 5.74) is 0.454. The van der Waals surface area contributed by atoms with Crippen LogP contribution in [-0.4, -0.2) is 35.8 Å². The summed E-state index contributed by atoms with van der Waals surface area (Å²) in [4.78, 5) is 30.1. The Morgan fingerprint density at radius 1 is 1.48 bits per heavy atom. The van der Waals surface area contributed by atoms with Crippen LogP contribution in [0.1, 0.15) is 16.8 Å². The maximum absolute atomic E-state index is 12.5. The Morgan fingerprint density at radius 2 is 2.33 bits per heavy atom. The Bertz CT molecular complexity index is 653. The lowest BCUT2D eigenvalue weighted by molar-refractivity contribution is -0.116. The third-order valence-corrected chi connectivity index (χ3v) is 6.21. The van der Waals surface area contributed by atoms with Crippen LogP contribution in [0.3, 0.4) is 0 Å². The summed E-state index contributed by atoms with van der Waals surface area (Å²) in [5, 5.41) is 4.24. The van der Waals surface area contributed by atoms with E-state index in [0.29, 0.717) is 17.1 Å². The van der Waals surface area contributed by atoms with Crippen LogP contribution in [0.5, 0.6) is 0 Å². The summed E-state index contributed by atoms with van der Waals surface area (Å²) in [6.45, 7) is 0.617. The zero-order valence-corrected chi connectivity index (χ0v) is 13.6. The van der Waals surface area contributed by atoms with Gasteiger partial charge in [0.1, 0.15) is 5.00 Å². The second-order valence-corrected chi connectivity index (χ2v) is 7.55. The Balaban J connectivity index is 1.78. The van der Waals surface area contributed by atoms with Gasteiger partial charge in [-0.15, -0.1) is 22.7 Å². The van der Waals surface area contributed by atoms with Gasteiger partial charge in [-0.25, -0.2) is 9.78 Å². The van der Waals surface area contributed by atoms with E-state index < -0.39 is 5.97 Å². The summed E-state index contributed by atoms with van der Waals surface area (Å²) >= 11 is 4.41. The molecular weight excluding hydrogens is 328 g/mol. The molecule has 8 heteroatoms. The van der Waals surface area contributed by atoms with E-state index >= 15 is 0 Å². The molecule has 1 aliphatic rings. The fraction of sp³-hybridized carbons (Fsp3) is 0.308. The molecule has 0 unspecified atom stereocenters. The monoisotopic (exact) mass is 340 g/mol. The Labute approximate surface area is 133 Å². The van der Waals surface area contributed by atoms with Crippen molar-refractivity contribution in [2.45, 2.75) is 16.0 Å². The van der Waals surface area contributed by atoms with Gasteiger partial charge in [0.05, 0.1) is 17.9 Å². The Kier molecular flexibility index (Phi) is 4.27. The van der Waals surface area contributed by atoms with Gasteiger partial charge in [0, 0.05) is 18.1 Å². The maximum atomic E-state index is 12.5. The number of amides is 1. The van der Waals surface area contributed by atoms with E-state index in [0.717, 1.165) is 10.8 Å². The van der Waals surface area contributed by atoms with E-state index in [4.69, 9.17) is 4.74 Å². The van der Waals surface area contributed by atoms with Gasteiger partial charge in [0.2, 0.25) is 5.91 Å². The predicted octanol–water partition coefficient (Wildman–Crippen LogP) is 2.89. The second kappa shape index (κ2) is 6.17. The van der Waals surface area contributed by atoms with E-state index in [2.05, 4.69) is 4.98 Å². The summed E-state index contributed by atoms with van der Waals surface area (Å²) in [6.07, 6.45) is 2.49. The number of carbonyl (C=O) groups excluding carboxylic acids is 2. The standard InChI is InChI=1S/C13H12N2O3S3/c1-18-12(17)8-3-6-19-11(8)15-5-2-9(10(15)16)21-13-14-4-7-20-13/h3-4,6-7,9H,2,5H2,1H3/t9-/m1/s1. The molecule has 21 heavy (non-hydrogen) atoms. The molecule has 0 N–H and O–H groups in total. The van der Waals surface area contributed by atoms with Crippen LogP contribution in [0.2, 0.25) is 0 Å². The third-order valence-electron chi connectivity index (χ3n) is 3.10. The molecule has 3 rings (SSSR count). The molecule has 0 radical (unpaired) electrons. The van der Waals surface area contributed by atoms with Crippen molar-refractivity contribution in [1.82, 2.24) is 4.98 Å². The minimum absolute atomic E-state index is 0.0304. The van der Waals surface area contributed by atoms with Gasteiger partial charge < -0.3 is 9.64 Å². The highest BCUT2D eigenvalue weighted by atomic mass is 32.2. The zero-order chi connectivity index (χ0) is 14.8. The molecule has 2 aromatic rings. The second-order valence-electron chi connectivity index (χ2n) is 4.31. The van der Waals surface area contributed by atoms with Gasteiger partial charge in [-0.05, 0) is 17.9 Å².